The van der Waals surface area contributed by atoms with E-state index in [9.17, 15) is 9.18 Å². The van der Waals surface area contributed by atoms with Crippen LogP contribution >= 0.6 is 0 Å². The third-order valence-corrected chi connectivity index (χ3v) is 4.52. The molecule has 1 heterocycles. The van der Waals surface area contributed by atoms with Gasteiger partial charge in [-0.1, -0.05) is 24.3 Å². The lowest BCUT2D eigenvalue weighted by Crippen LogP contribution is -2.35. The summed E-state index contributed by atoms with van der Waals surface area (Å²) in [5.41, 5.74) is 1.77. The average molecular weight is 316 g/mol. The van der Waals surface area contributed by atoms with Gasteiger partial charge in [-0.3, -0.25) is 9.80 Å². The van der Waals surface area contributed by atoms with Crippen LogP contribution in [0.1, 0.15) is 18.4 Å². The van der Waals surface area contributed by atoms with Crippen LogP contribution in [0.15, 0.2) is 48.3 Å². The van der Waals surface area contributed by atoms with Crippen LogP contribution < -0.4 is 11.7 Å². The minimum Gasteiger partial charge on any atom is -0.316 e. The van der Waals surface area contributed by atoms with Crippen molar-refractivity contribution in [2.45, 2.75) is 19.3 Å². The highest BCUT2D eigenvalue weighted by molar-refractivity contribution is 5.84. The number of halogens is 1. The van der Waals surface area contributed by atoms with Gasteiger partial charge in [-0.2, -0.15) is 0 Å². The van der Waals surface area contributed by atoms with E-state index in [0.29, 0.717) is 13.0 Å². The molecule has 122 valence electrons. The smallest absolute Gasteiger partial charge is 0.245 e. The number of nitrogens with two attached hydrogens (primary N) is 2. The number of carbonyl (C=O) groups is 1. The van der Waals surface area contributed by atoms with Gasteiger partial charge in [0.2, 0.25) is 5.91 Å². The first-order valence-corrected chi connectivity index (χ1v) is 7.77. The Morgan fingerprint density at radius 2 is 1.87 bits per heavy atom. The van der Waals surface area contributed by atoms with E-state index < -0.39 is 0 Å². The van der Waals surface area contributed by atoms with Crippen LogP contribution in [0, 0.1) is 17.7 Å². The molecular weight excluding hydrogens is 295 g/mol. The molecule has 4 N–H and O–H groups in total. The van der Waals surface area contributed by atoms with Crippen molar-refractivity contribution >= 4 is 5.91 Å². The van der Waals surface area contributed by atoms with Crippen LogP contribution in [0.4, 0.5) is 4.39 Å². The Kier molecular flexibility index (Phi) is 4.45. The molecule has 2 unspecified atom stereocenters. The number of amides is 1. The fraction of sp³-hybridized carbons (Fsp3) is 0.353. The molecule has 1 aliphatic carbocycles. The number of hydrogen-bond donors (Lipinski definition) is 2. The molecule has 2 atom stereocenters. The Hall–Kier alpha value is -2.18. The van der Waals surface area contributed by atoms with Crippen molar-refractivity contribution < 1.29 is 9.18 Å². The lowest BCUT2D eigenvalue weighted by Gasteiger charge is -2.22. The molecule has 1 aromatic rings. The Morgan fingerprint density at radius 3 is 2.57 bits per heavy atom. The van der Waals surface area contributed by atoms with Gasteiger partial charge in [0.25, 0.3) is 0 Å². The summed E-state index contributed by atoms with van der Waals surface area (Å²) in [6.45, 7) is 0.560. The Balaban J connectivity index is 1.66. The van der Waals surface area contributed by atoms with Gasteiger partial charge < -0.3 is 5.01 Å². The first-order valence-electron chi connectivity index (χ1n) is 7.77. The van der Waals surface area contributed by atoms with Gasteiger partial charge in [-0.05, 0) is 37.0 Å². The van der Waals surface area contributed by atoms with E-state index >= 15 is 0 Å². The van der Waals surface area contributed by atoms with Gasteiger partial charge >= 0.3 is 0 Å². The van der Waals surface area contributed by atoms with Crippen LogP contribution in [-0.2, 0) is 11.2 Å². The third kappa shape index (κ3) is 3.28. The highest BCUT2D eigenvalue weighted by Crippen LogP contribution is 2.39. The minimum absolute atomic E-state index is 0.0439. The van der Waals surface area contributed by atoms with Crippen molar-refractivity contribution in [1.29, 1.82) is 0 Å². The van der Waals surface area contributed by atoms with Crippen molar-refractivity contribution in [2.75, 3.05) is 6.54 Å². The molecule has 1 amide bonds. The molecule has 5 nitrogen and oxygen atoms in total. The number of benzene rings is 1. The highest BCUT2D eigenvalue weighted by atomic mass is 19.1. The van der Waals surface area contributed by atoms with Gasteiger partial charge in [0.15, 0.2) is 0 Å². The molecule has 0 aromatic heterocycles. The van der Waals surface area contributed by atoms with Crippen LogP contribution in [0.3, 0.4) is 0 Å². The quantitative estimate of drug-likeness (QED) is 0.383. The zero-order valence-electron chi connectivity index (χ0n) is 12.9. The average Bonchev–Trinajstić information content (AvgIpc) is 2.80. The summed E-state index contributed by atoms with van der Waals surface area (Å²) in [6, 6.07) is 6.36. The SMILES string of the molecule is NN(/C=C1\C2CC=CCC2C(=O)N1N)CCc1ccc(F)cc1. The second-order valence-electron chi connectivity index (χ2n) is 6.03. The fourth-order valence-corrected chi connectivity index (χ4v) is 3.20. The molecular formula is C17H21FN4O. The molecule has 0 bridgehead atoms. The number of hydrazine groups is 2. The molecule has 2 aliphatic rings. The predicted molar refractivity (Wildman–Crippen MR) is 85.5 cm³/mol. The molecule has 6 heteroatoms. The Bertz CT molecular complexity index is 640. The highest BCUT2D eigenvalue weighted by Gasteiger charge is 2.43. The topological polar surface area (TPSA) is 75.6 Å². The molecule has 1 aliphatic heterocycles. The summed E-state index contributed by atoms with van der Waals surface area (Å²) >= 11 is 0. The van der Waals surface area contributed by atoms with E-state index in [4.69, 9.17) is 11.7 Å². The molecule has 1 aromatic carbocycles. The lowest BCUT2D eigenvalue weighted by molar-refractivity contribution is -0.130. The number of nitrogens with zero attached hydrogens (tertiary/aromatic N) is 2. The van der Waals surface area contributed by atoms with E-state index in [1.54, 1.807) is 23.3 Å². The number of rotatable bonds is 4. The predicted octanol–water partition coefficient (Wildman–Crippen LogP) is 1.68. The van der Waals surface area contributed by atoms with Gasteiger partial charge in [-0.15, -0.1) is 0 Å². The molecule has 0 radical (unpaired) electrons. The first-order chi connectivity index (χ1) is 11.1. The molecule has 1 saturated heterocycles. The van der Waals surface area contributed by atoms with Gasteiger partial charge in [-0.25, -0.2) is 16.1 Å². The van der Waals surface area contributed by atoms with Gasteiger partial charge in [0.05, 0.1) is 11.6 Å². The Labute approximate surface area is 135 Å². The number of hydrogen-bond acceptors (Lipinski definition) is 4. The second kappa shape index (κ2) is 6.52. The molecule has 0 saturated carbocycles. The second-order valence-corrected chi connectivity index (χ2v) is 6.03. The van der Waals surface area contributed by atoms with Gasteiger partial charge in [0.1, 0.15) is 5.82 Å². The van der Waals surface area contributed by atoms with Crippen LogP contribution in [-0.4, -0.2) is 22.5 Å². The van der Waals surface area contributed by atoms with Gasteiger partial charge in [0, 0.05) is 18.7 Å². The molecule has 1 fully saturated rings. The van der Waals surface area contributed by atoms with Crippen LogP contribution in [0.2, 0.25) is 0 Å². The van der Waals surface area contributed by atoms with E-state index in [0.717, 1.165) is 24.1 Å². The summed E-state index contributed by atoms with van der Waals surface area (Å²) in [6.07, 6.45) is 8.10. The summed E-state index contributed by atoms with van der Waals surface area (Å²) in [7, 11) is 0. The van der Waals surface area contributed by atoms with Crippen molar-refractivity contribution in [3.63, 3.8) is 0 Å². The van der Waals surface area contributed by atoms with Crippen molar-refractivity contribution in [2.24, 2.45) is 23.5 Å². The number of fused-ring (bicyclic) bond motifs is 1. The normalized spacial score (nSPS) is 25.1. The van der Waals surface area contributed by atoms with Crippen molar-refractivity contribution in [3.05, 3.63) is 59.7 Å². The number of carbonyl (C=O) groups excluding carboxylic acids is 1. The number of allylic oxidation sites excluding steroid dienone is 3. The molecule has 3 rings (SSSR count). The third-order valence-electron chi connectivity index (χ3n) is 4.52. The zero-order valence-corrected chi connectivity index (χ0v) is 12.9. The van der Waals surface area contributed by atoms with Crippen molar-refractivity contribution in [3.8, 4) is 0 Å². The van der Waals surface area contributed by atoms with Crippen LogP contribution in [0.5, 0.6) is 0 Å². The molecule has 23 heavy (non-hydrogen) atoms. The molecule has 0 spiro atoms. The fourth-order valence-electron chi connectivity index (χ4n) is 3.20. The van der Waals surface area contributed by atoms with E-state index in [1.165, 1.54) is 17.1 Å². The maximum Gasteiger partial charge on any atom is 0.245 e. The summed E-state index contributed by atoms with van der Waals surface area (Å²) < 4.78 is 12.9. The largest absolute Gasteiger partial charge is 0.316 e. The Morgan fingerprint density at radius 1 is 1.22 bits per heavy atom. The maximum absolute atomic E-state index is 12.9. The standard InChI is InChI=1S/C17H21FN4O/c18-13-7-5-12(6-8-13)9-10-21(19)11-16-14-3-1-2-4-15(14)17(23)22(16)20/h1-2,5-8,11,14-15H,3-4,9-10,19-20H2/b16-11+. The summed E-state index contributed by atoms with van der Waals surface area (Å²) in [4.78, 5) is 12.2. The van der Waals surface area contributed by atoms with Crippen molar-refractivity contribution in [1.82, 2.24) is 10.0 Å². The van der Waals surface area contributed by atoms with E-state index in [1.807, 2.05) is 6.08 Å². The monoisotopic (exact) mass is 316 g/mol. The maximum atomic E-state index is 12.9. The minimum atomic E-state index is -0.250. The van der Waals surface area contributed by atoms with E-state index in [-0.39, 0.29) is 23.6 Å². The van der Waals surface area contributed by atoms with E-state index in [2.05, 4.69) is 6.08 Å². The lowest BCUT2D eigenvalue weighted by atomic mass is 9.84. The first kappa shape index (κ1) is 15.7. The zero-order chi connectivity index (χ0) is 16.4. The van der Waals surface area contributed by atoms with Crippen LogP contribution in [0.25, 0.3) is 0 Å². The summed E-state index contributed by atoms with van der Waals surface area (Å²) in [5, 5.41) is 2.78. The summed E-state index contributed by atoms with van der Waals surface area (Å²) in [5.74, 6) is 11.7.